The average molecular weight is 338 g/mol. The third kappa shape index (κ3) is 10.8. The molecule has 0 saturated carbocycles. The van der Waals surface area contributed by atoms with Gasteiger partial charge in [-0.1, -0.05) is 25.5 Å². The normalized spacial score (nSPS) is 12.2. The molecule has 1 unspecified atom stereocenters. The summed E-state index contributed by atoms with van der Waals surface area (Å²) in [6.07, 6.45) is 4.99. The van der Waals surface area contributed by atoms with Crippen LogP contribution in [0.4, 0.5) is 0 Å². The molecule has 0 aromatic rings. The Morgan fingerprint density at radius 3 is 2.38 bits per heavy atom. The third-order valence-corrected chi connectivity index (χ3v) is 3.60. The van der Waals surface area contributed by atoms with E-state index in [0.717, 1.165) is 18.4 Å². The number of ketones is 1. The number of rotatable bonds is 12. The van der Waals surface area contributed by atoms with Crippen molar-refractivity contribution in [1.82, 2.24) is 0 Å². The zero-order chi connectivity index (χ0) is 18.8. The predicted octanol–water partition coefficient (Wildman–Crippen LogP) is 3.93. The lowest BCUT2D eigenvalue weighted by Crippen LogP contribution is -2.25. The number of carboxylic acids is 1. The first-order chi connectivity index (χ1) is 11.1. The zero-order valence-corrected chi connectivity index (χ0v) is 15.3. The summed E-state index contributed by atoms with van der Waals surface area (Å²) in [6.45, 7) is 11.5. The summed E-state index contributed by atoms with van der Waals surface area (Å²) in [4.78, 5) is 34.8. The third-order valence-electron chi connectivity index (χ3n) is 3.60. The molecule has 24 heavy (non-hydrogen) atoms. The Balaban J connectivity index is 4.43. The van der Waals surface area contributed by atoms with Crippen LogP contribution in [0, 0.1) is 11.3 Å². The molecule has 5 nitrogen and oxygen atoms in total. The van der Waals surface area contributed by atoms with Crippen LogP contribution in [-0.2, 0) is 19.1 Å². The van der Waals surface area contributed by atoms with Crippen LogP contribution in [-0.4, -0.2) is 29.4 Å². The van der Waals surface area contributed by atoms with Crippen molar-refractivity contribution >= 4 is 17.7 Å². The summed E-state index contributed by atoms with van der Waals surface area (Å²) in [7, 11) is 0. The molecule has 0 heterocycles. The van der Waals surface area contributed by atoms with Gasteiger partial charge >= 0.3 is 11.9 Å². The molecule has 0 radical (unpaired) electrons. The molecule has 1 atom stereocenters. The minimum atomic E-state index is -1.08. The molecule has 0 aliphatic carbocycles. The van der Waals surface area contributed by atoms with Gasteiger partial charge in [-0.2, -0.15) is 0 Å². The SMILES string of the molecule is C=CCCC(C)(C)COC(=O)CC(CCC(=O)C=C(C)C)C(=O)O. The van der Waals surface area contributed by atoms with Crippen molar-refractivity contribution in [3.8, 4) is 0 Å². The van der Waals surface area contributed by atoms with Crippen LogP contribution in [0.2, 0.25) is 0 Å². The molecule has 0 amide bonds. The molecule has 0 spiro atoms. The second-order valence-electron chi connectivity index (χ2n) is 7.12. The molecule has 0 aliphatic heterocycles. The van der Waals surface area contributed by atoms with Gasteiger partial charge in [0.15, 0.2) is 5.78 Å². The molecule has 0 saturated heterocycles. The van der Waals surface area contributed by atoms with Gasteiger partial charge in [0.05, 0.1) is 18.9 Å². The maximum absolute atomic E-state index is 11.9. The Hall–Kier alpha value is -1.91. The molecule has 0 aromatic carbocycles. The van der Waals surface area contributed by atoms with Gasteiger partial charge < -0.3 is 9.84 Å². The molecule has 0 aromatic heterocycles. The Morgan fingerprint density at radius 1 is 1.25 bits per heavy atom. The summed E-state index contributed by atoms with van der Waals surface area (Å²) in [5.74, 6) is -2.64. The predicted molar refractivity (Wildman–Crippen MR) is 93.6 cm³/mol. The molecular formula is C19H30O5. The smallest absolute Gasteiger partial charge is 0.307 e. The molecule has 0 fully saturated rings. The molecule has 5 heteroatoms. The lowest BCUT2D eigenvalue weighted by atomic mass is 9.89. The highest BCUT2D eigenvalue weighted by molar-refractivity contribution is 5.90. The summed E-state index contributed by atoms with van der Waals surface area (Å²) in [5.41, 5.74) is 0.690. The van der Waals surface area contributed by atoms with Crippen LogP contribution < -0.4 is 0 Å². The van der Waals surface area contributed by atoms with Gasteiger partial charge in [0.25, 0.3) is 0 Å². The molecule has 1 N–H and O–H groups in total. The molecule has 0 bridgehead atoms. The van der Waals surface area contributed by atoms with Gasteiger partial charge in [-0.3, -0.25) is 14.4 Å². The van der Waals surface area contributed by atoms with Gasteiger partial charge in [-0.25, -0.2) is 0 Å². The van der Waals surface area contributed by atoms with Crippen molar-refractivity contribution in [2.45, 2.75) is 59.8 Å². The Bertz CT molecular complexity index is 484. The zero-order valence-electron chi connectivity index (χ0n) is 15.3. The fourth-order valence-electron chi connectivity index (χ4n) is 2.12. The van der Waals surface area contributed by atoms with E-state index in [1.54, 1.807) is 13.8 Å². The van der Waals surface area contributed by atoms with E-state index in [1.807, 2.05) is 19.9 Å². The topological polar surface area (TPSA) is 80.7 Å². The van der Waals surface area contributed by atoms with E-state index < -0.39 is 17.9 Å². The molecule has 136 valence electrons. The van der Waals surface area contributed by atoms with E-state index in [1.165, 1.54) is 6.08 Å². The maximum Gasteiger partial charge on any atom is 0.307 e. The van der Waals surface area contributed by atoms with Gasteiger partial charge in [-0.05, 0) is 44.6 Å². The van der Waals surface area contributed by atoms with Crippen molar-refractivity contribution in [2.24, 2.45) is 11.3 Å². The van der Waals surface area contributed by atoms with E-state index >= 15 is 0 Å². The first-order valence-electron chi connectivity index (χ1n) is 8.24. The van der Waals surface area contributed by atoms with Gasteiger partial charge in [0.2, 0.25) is 0 Å². The van der Waals surface area contributed by atoms with E-state index in [-0.39, 0.29) is 37.1 Å². The summed E-state index contributed by atoms with van der Waals surface area (Å²) in [5, 5.41) is 9.22. The standard InChI is InChI=1S/C19H30O5/c1-6-7-10-19(4,5)13-24-17(21)12-15(18(22)23)8-9-16(20)11-14(2)3/h6,11,15H,1,7-10,12-13H2,2-5H3,(H,22,23). The van der Waals surface area contributed by atoms with E-state index in [4.69, 9.17) is 4.74 Å². The Morgan fingerprint density at radius 2 is 1.88 bits per heavy atom. The number of esters is 1. The highest BCUT2D eigenvalue weighted by Crippen LogP contribution is 2.23. The number of allylic oxidation sites excluding steroid dienone is 3. The summed E-state index contributed by atoms with van der Waals surface area (Å²) in [6, 6.07) is 0. The van der Waals surface area contributed by atoms with E-state index in [9.17, 15) is 19.5 Å². The first kappa shape index (κ1) is 22.1. The lowest BCUT2D eigenvalue weighted by molar-refractivity contribution is -0.153. The Kier molecular flexibility index (Phi) is 9.93. The summed E-state index contributed by atoms with van der Waals surface area (Å²) >= 11 is 0. The fraction of sp³-hybridized carbons (Fsp3) is 0.632. The van der Waals surface area contributed by atoms with Crippen molar-refractivity contribution in [1.29, 1.82) is 0 Å². The van der Waals surface area contributed by atoms with Crippen LogP contribution in [0.5, 0.6) is 0 Å². The van der Waals surface area contributed by atoms with Gasteiger partial charge in [0.1, 0.15) is 0 Å². The van der Waals surface area contributed by atoms with Gasteiger partial charge in [-0.15, -0.1) is 6.58 Å². The van der Waals surface area contributed by atoms with Crippen LogP contribution >= 0.6 is 0 Å². The average Bonchev–Trinajstić information content (AvgIpc) is 2.46. The Labute approximate surface area is 144 Å². The quantitative estimate of drug-likeness (QED) is 0.331. The van der Waals surface area contributed by atoms with Crippen LogP contribution in [0.15, 0.2) is 24.3 Å². The second kappa shape index (κ2) is 10.8. The minimum absolute atomic E-state index is 0.111. The first-order valence-corrected chi connectivity index (χ1v) is 8.24. The van der Waals surface area contributed by atoms with E-state index in [2.05, 4.69) is 6.58 Å². The second-order valence-corrected chi connectivity index (χ2v) is 7.12. The minimum Gasteiger partial charge on any atom is -0.481 e. The van der Waals surface area contributed by atoms with Crippen molar-refractivity contribution < 1.29 is 24.2 Å². The summed E-state index contributed by atoms with van der Waals surface area (Å²) < 4.78 is 5.22. The number of hydrogen-bond acceptors (Lipinski definition) is 4. The van der Waals surface area contributed by atoms with Gasteiger partial charge in [0, 0.05) is 6.42 Å². The van der Waals surface area contributed by atoms with Crippen LogP contribution in [0.1, 0.15) is 59.8 Å². The lowest BCUT2D eigenvalue weighted by Gasteiger charge is -2.23. The largest absolute Gasteiger partial charge is 0.481 e. The van der Waals surface area contributed by atoms with E-state index in [0.29, 0.717) is 0 Å². The van der Waals surface area contributed by atoms with Crippen molar-refractivity contribution in [2.75, 3.05) is 6.61 Å². The number of carboxylic acid groups (broad SMARTS) is 1. The van der Waals surface area contributed by atoms with Crippen molar-refractivity contribution in [3.63, 3.8) is 0 Å². The monoisotopic (exact) mass is 338 g/mol. The highest BCUT2D eigenvalue weighted by atomic mass is 16.5. The molecule has 0 aliphatic rings. The number of aliphatic carboxylic acids is 1. The molecular weight excluding hydrogens is 308 g/mol. The molecule has 0 rings (SSSR count). The van der Waals surface area contributed by atoms with Crippen LogP contribution in [0.25, 0.3) is 0 Å². The number of ether oxygens (including phenoxy) is 1. The fourth-order valence-corrected chi connectivity index (χ4v) is 2.12. The van der Waals surface area contributed by atoms with Crippen molar-refractivity contribution in [3.05, 3.63) is 24.3 Å². The number of carbonyl (C=O) groups excluding carboxylic acids is 2. The number of carbonyl (C=O) groups is 3. The van der Waals surface area contributed by atoms with Crippen LogP contribution in [0.3, 0.4) is 0 Å². The number of hydrogen-bond donors (Lipinski definition) is 1. The maximum atomic E-state index is 11.9. The highest BCUT2D eigenvalue weighted by Gasteiger charge is 2.25.